The first kappa shape index (κ1) is 22.5. The molecule has 3 rings (SSSR count). The topological polar surface area (TPSA) is 92.9 Å². The van der Waals surface area contributed by atoms with E-state index in [0.717, 1.165) is 0 Å². The van der Waals surface area contributed by atoms with Crippen molar-refractivity contribution in [2.75, 3.05) is 21.3 Å². The average molecular weight is 465 g/mol. The number of benzene rings is 2. The number of halogens is 2. The molecule has 3 aromatic rings. The lowest BCUT2D eigenvalue weighted by atomic mass is 10.2. The third-order valence-electron chi connectivity index (χ3n) is 4.10. The van der Waals surface area contributed by atoms with Crippen molar-refractivity contribution in [2.45, 2.75) is 6.61 Å². The molecule has 1 aromatic heterocycles. The molecule has 0 unspecified atom stereocenters. The number of esters is 1. The maximum absolute atomic E-state index is 12.0. The van der Waals surface area contributed by atoms with Crippen molar-refractivity contribution in [3.8, 4) is 28.7 Å². The summed E-state index contributed by atoms with van der Waals surface area (Å²) in [4.78, 5) is 12.0. The Bertz CT molecular complexity index is 1090. The van der Waals surface area contributed by atoms with E-state index < -0.39 is 5.97 Å². The fourth-order valence-corrected chi connectivity index (χ4v) is 2.99. The summed E-state index contributed by atoms with van der Waals surface area (Å²) < 4.78 is 26.6. The van der Waals surface area contributed by atoms with Gasteiger partial charge in [0, 0.05) is 11.6 Å². The van der Waals surface area contributed by atoms with Crippen LogP contribution in [0.15, 0.2) is 40.8 Å². The molecule has 8 nitrogen and oxygen atoms in total. The molecule has 0 aliphatic rings. The van der Waals surface area contributed by atoms with Crippen LogP contribution in [0.4, 0.5) is 0 Å². The van der Waals surface area contributed by atoms with Crippen LogP contribution in [0, 0.1) is 0 Å². The lowest BCUT2D eigenvalue weighted by Gasteiger charge is -2.12. The minimum atomic E-state index is -0.608. The molecule has 0 fully saturated rings. The van der Waals surface area contributed by atoms with Crippen LogP contribution in [0.5, 0.6) is 17.2 Å². The van der Waals surface area contributed by atoms with E-state index in [1.165, 1.54) is 33.5 Å². The van der Waals surface area contributed by atoms with Gasteiger partial charge in [-0.05, 0) is 29.8 Å². The number of ether oxygens (including phenoxy) is 4. The molecule has 31 heavy (non-hydrogen) atoms. The highest BCUT2D eigenvalue weighted by Gasteiger charge is 2.18. The van der Waals surface area contributed by atoms with Gasteiger partial charge < -0.3 is 23.4 Å². The van der Waals surface area contributed by atoms with Crippen LogP contribution < -0.4 is 14.2 Å². The van der Waals surface area contributed by atoms with Gasteiger partial charge in [0.2, 0.25) is 11.6 Å². The quantitative estimate of drug-likeness (QED) is 0.345. The molecule has 0 aliphatic carbocycles. The van der Waals surface area contributed by atoms with E-state index in [1.807, 2.05) is 0 Å². The normalized spacial score (nSPS) is 10.9. The van der Waals surface area contributed by atoms with Gasteiger partial charge in [0.05, 0.1) is 31.4 Å². The van der Waals surface area contributed by atoms with E-state index in [1.54, 1.807) is 30.3 Å². The Hall–Kier alpha value is -3.23. The summed E-state index contributed by atoms with van der Waals surface area (Å²) in [5, 5.41) is 8.61. The molecule has 2 aromatic carbocycles. The molecule has 1 heterocycles. The van der Waals surface area contributed by atoms with Crippen LogP contribution in [0.25, 0.3) is 17.5 Å². The zero-order valence-corrected chi connectivity index (χ0v) is 18.4. The summed E-state index contributed by atoms with van der Waals surface area (Å²) in [5.41, 5.74) is 1.14. The second kappa shape index (κ2) is 10.2. The zero-order valence-electron chi connectivity index (χ0n) is 16.8. The summed E-state index contributed by atoms with van der Waals surface area (Å²) in [6.45, 7) is -0.204. The van der Waals surface area contributed by atoms with Crippen molar-refractivity contribution < 1.29 is 28.2 Å². The minimum Gasteiger partial charge on any atom is -0.493 e. The predicted octanol–water partition coefficient (Wildman–Crippen LogP) is 4.83. The van der Waals surface area contributed by atoms with E-state index in [4.69, 9.17) is 46.6 Å². The summed E-state index contributed by atoms with van der Waals surface area (Å²) in [6, 6.07) is 8.44. The van der Waals surface area contributed by atoms with Crippen LogP contribution in [0.3, 0.4) is 0 Å². The van der Waals surface area contributed by atoms with Gasteiger partial charge in [-0.15, -0.1) is 10.2 Å². The molecule has 0 bridgehead atoms. The lowest BCUT2D eigenvalue weighted by Crippen LogP contribution is -2.01. The summed E-state index contributed by atoms with van der Waals surface area (Å²) in [7, 11) is 4.52. The van der Waals surface area contributed by atoms with Gasteiger partial charge in [0.15, 0.2) is 18.1 Å². The lowest BCUT2D eigenvalue weighted by molar-refractivity contribution is -0.139. The van der Waals surface area contributed by atoms with Crippen LogP contribution in [0.1, 0.15) is 11.5 Å². The van der Waals surface area contributed by atoms with Gasteiger partial charge in [-0.3, -0.25) is 0 Å². The summed E-state index contributed by atoms with van der Waals surface area (Å²) in [6.07, 6.45) is 2.74. The molecule has 0 N–H and O–H groups in total. The molecule has 0 aliphatic heterocycles. The maximum Gasteiger partial charge on any atom is 0.331 e. The number of carbonyl (C=O) groups is 1. The van der Waals surface area contributed by atoms with E-state index in [2.05, 4.69) is 10.2 Å². The fourth-order valence-electron chi connectivity index (χ4n) is 2.62. The second-order valence-corrected chi connectivity index (χ2v) is 6.78. The van der Waals surface area contributed by atoms with Crippen molar-refractivity contribution in [3.05, 3.63) is 57.9 Å². The van der Waals surface area contributed by atoms with Crippen molar-refractivity contribution >= 4 is 35.2 Å². The zero-order chi connectivity index (χ0) is 22.4. The van der Waals surface area contributed by atoms with Gasteiger partial charge in [-0.2, -0.15) is 0 Å². The second-order valence-electron chi connectivity index (χ2n) is 6.00. The summed E-state index contributed by atoms with van der Waals surface area (Å²) >= 11 is 12.0. The highest BCUT2D eigenvalue weighted by atomic mass is 35.5. The van der Waals surface area contributed by atoms with Crippen molar-refractivity contribution in [2.24, 2.45) is 0 Å². The van der Waals surface area contributed by atoms with Gasteiger partial charge in [-0.25, -0.2) is 4.79 Å². The number of rotatable bonds is 8. The third kappa shape index (κ3) is 5.28. The van der Waals surface area contributed by atoms with Crippen LogP contribution in [-0.4, -0.2) is 37.5 Å². The molecular weight excluding hydrogens is 447 g/mol. The van der Waals surface area contributed by atoms with E-state index >= 15 is 0 Å². The highest BCUT2D eigenvalue weighted by Crippen LogP contribution is 2.40. The van der Waals surface area contributed by atoms with E-state index in [-0.39, 0.29) is 18.4 Å². The molecule has 162 valence electrons. The van der Waals surface area contributed by atoms with Gasteiger partial charge in [-0.1, -0.05) is 35.3 Å². The minimum absolute atomic E-state index is 0.117. The SMILES string of the molecule is COc1cc(-c2nnc(COC(=O)/C=C/c3cccc(Cl)c3Cl)o2)cc(OC)c1OC. The van der Waals surface area contributed by atoms with Crippen LogP contribution in [-0.2, 0) is 16.1 Å². The predicted molar refractivity (Wildman–Crippen MR) is 115 cm³/mol. The monoisotopic (exact) mass is 464 g/mol. The number of hydrogen-bond donors (Lipinski definition) is 0. The average Bonchev–Trinajstić information content (AvgIpc) is 3.26. The molecule has 10 heteroatoms. The first-order valence-corrected chi connectivity index (χ1v) is 9.64. The Balaban J connectivity index is 1.68. The standard InChI is InChI=1S/C21H18Cl2N2O6/c1-27-15-9-13(10-16(28-2)20(15)29-3)21-25-24-17(31-21)11-30-18(26)8-7-12-5-4-6-14(22)19(12)23/h4-10H,11H2,1-3H3/b8-7+. The fraction of sp³-hybridized carbons (Fsp3) is 0.190. The third-order valence-corrected chi connectivity index (χ3v) is 4.93. The summed E-state index contributed by atoms with van der Waals surface area (Å²) in [5.74, 6) is 1.02. The van der Waals surface area contributed by atoms with Crippen molar-refractivity contribution in [1.82, 2.24) is 10.2 Å². The molecule has 0 radical (unpaired) electrons. The highest BCUT2D eigenvalue weighted by molar-refractivity contribution is 6.42. The number of hydrogen-bond acceptors (Lipinski definition) is 8. The van der Waals surface area contributed by atoms with Crippen LogP contribution >= 0.6 is 23.2 Å². The molecule has 0 atom stereocenters. The van der Waals surface area contributed by atoms with Crippen LogP contribution in [0.2, 0.25) is 10.0 Å². The van der Waals surface area contributed by atoms with E-state index in [0.29, 0.717) is 38.4 Å². The number of methoxy groups -OCH3 is 3. The Morgan fingerprint density at radius 2 is 1.77 bits per heavy atom. The van der Waals surface area contributed by atoms with Gasteiger partial charge in [0.1, 0.15) is 0 Å². The van der Waals surface area contributed by atoms with E-state index in [9.17, 15) is 4.79 Å². The van der Waals surface area contributed by atoms with Crippen molar-refractivity contribution in [3.63, 3.8) is 0 Å². The van der Waals surface area contributed by atoms with Gasteiger partial charge >= 0.3 is 5.97 Å². The number of carbonyl (C=O) groups excluding carboxylic acids is 1. The Morgan fingerprint density at radius 1 is 1.06 bits per heavy atom. The molecule has 0 saturated carbocycles. The van der Waals surface area contributed by atoms with Crippen molar-refractivity contribution in [1.29, 1.82) is 0 Å². The first-order valence-electron chi connectivity index (χ1n) is 8.88. The first-order chi connectivity index (χ1) is 15.0. The Morgan fingerprint density at radius 3 is 2.42 bits per heavy atom. The van der Waals surface area contributed by atoms with Gasteiger partial charge in [0.25, 0.3) is 5.89 Å². The largest absolute Gasteiger partial charge is 0.493 e. The maximum atomic E-state index is 12.0. The number of aromatic nitrogens is 2. The molecule has 0 saturated heterocycles. The smallest absolute Gasteiger partial charge is 0.331 e. The number of nitrogens with zero attached hydrogens (tertiary/aromatic N) is 2. The molecule has 0 amide bonds. The Kier molecular flexibility index (Phi) is 7.38. The Labute approximate surface area is 188 Å². The molecule has 0 spiro atoms. The molecular formula is C21H18Cl2N2O6.